The topological polar surface area (TPSA) is 49.4 Å². The Balaban J connectivity index is 0.905. The lowest BCUT2D eigenvalue weighted by molar-refractivity contribution is -0.106. The molecule has 0 spiro atoms. The molecule has 1 saturated heterocycles. The lowest BCUT2D eigenvalue weighted by Crippen LogP contribution is -2.53. The fourth-order valence-corrected chi connectivity index (χ4v) is 13.8. The van der Waals surface area contributed by atoms with Crippen LogP contribution < -0.4 is 0 Å². The molecule has 0 N–H and O–H groups in total. The van der Waals surface area contributed by atoms with Crippen LogP contribution in [0.4, 0.5) is 0 Å². The molecule has 0 aromatic heterocycles. The van der Waals surface area contributed by atoms with E-state index in [2.05, 4.69) is 83.7 Å². The highest BCUT2D eigenvalue weighted by Gasteiger charge is 2.63. The predicted molar refractivity (Wildman–Crippen MR) is 274 cm³/mol. The summed E-state index contributed by atoms with van der Waals surface area (Å²) < 4.78 is 30.9. The summed E-state index contributed by atoms with van der Waals surface area (Å²) in [6.45, 7) is 25.2. The quantitative estimate of drug-likeness (QED) is 0.0364. The van der Waals surface area contributed by atoms with E-state index in [0.717, 1.165) is 75.1 Å². The molecule has 0 radical (unpaired) electrons. The maximum absolute atomic E-state index is 6.53. The Morgan fingerprint density at radius 2 is 1.42 bits per heavy atom. The van der Waals surface area contributed by atoms with E-state index in [1.807, 2.05) is 0 Å². The summed E-state index contributed by atoms with van der Waals surface area (Å²) in [5, 5.41) is 0. The van der Waals surface area contributed by atoms with Crippen molar-refractivity contribution in [2.45, 2.75) is 228 Å². The number of fused-ring (bicyclic) bond motifs is 5. The Labute approximate surface area is 402 Å². The van der Waals surface area contributed by atoms with Crippen LogP contribution in [0.2, 0.25) is 0 Å². The van der Waals surface area contributed by atoms with Gasteiger partial charge in [-0.1, -0.05) is 149 Å². The summed E-state index contributed by atoms with van der Waals surface area (Å²) >= 11 is 0. The summed E-state index contributed by atoms with van der Waals surface area (Å²) in [6, 6.07) is 0. The van der Waals surface area contributed by atoms with Crippen LogP contribution in [0, 0.1) is 45.8 Å². The van der Waals surface area contributed by atoms with Crippen LogP contribution in [0.1, 0.15) is 215 Å². The summed E-state index contributed by atoms with van der Waals surface area (Å²) in [6.07, 6.45) is 46.3. The third-order valence-corrected chi connectivity index (χ3v) is 18.3. The predicted octanol–water partition coefficient (Wildman–Crippen LogP) is 15.5. The first-order valence-electron chi connectivity index (χ1n) is 28.3. The SMILES string of the molecule is CCCCC/C=C\C/C=C\CCCCCCCCOCOCC(CN1CCCCC1)OCCOCCO[C@H]1CC[C@@]2(C)C(=CC[C@@H]3[C@@H]2CC[C@@]2(C)[C@H]3CC[C@]2(C)[C@H](C)CCCC(C)C)C1. The van der Waals surface area contributed by atoms with Gasteiger partial charge in [0.15, 0.2) is 0 Å². The van der Waals surface area contributed by atoms with E-state index in [1.54, 1.807) is 5.57 Å². The maximum atomic E-state index is 6.53. The van der Waals surface area contributed by atoms with Crippen LogP contribution >= 0.6 is 0 Å². The third-order valence-electron chi connectivity index (χ3n) is 18.3. The number of allylic oxidation sites excluding steroid dienone is 5. The Bertz CT molecular complexity index is 1360. The molecule has 4 aliphatic carbocycles. The number of hydrogen-bond donors (Lipinski definition) is 0. The molecule has 1 unspecified atom stereocenters. The van der Waals surface area contributed by atoms with Crippen LogP contribution in [-0.4, -0.2) is 83.2 Å². The molecular formula is C59H105NO5. The summed E-state index contributed by atoms with van der Waals surface area (Å²) in [7, 11) is 0. The zero-order valence-electron chi connectivity index (χ0n) is 43.9. The van der Waals surface area contributed by atoms with Crippen molar-refractivity contribution in [3.05, 3.63) is 36.0 Å². The maximum Gasteiger partial charge on any atom is 0.146 e. The van der Waals surface area contributed by atoms with Crippen LogP contribution in [0.3, 0.4) is 0 Å². The van der Waals surface area contributed by atoms with Crippen molar-refractivity contribution in [2.24, 2.45) is 45.8 Å². The smallest absolute Gasteiger partial charge is 0.146 e. The van der Waals surface area contributed by atoms with Crippen molar-refractivity contribution >= 4 is 0 Å². The summed E-state index contributed by atoms with van der Waals surface area (Å²) in [4.78, 5) is 2.54. The second-order valence-corrected chi connectivity index (χ2v) is 23.1. The highest BCUT2D eigenvalue weighted by Crippen LogP contribution is 2.71. The molecular weight excluding hydrogens is 803 g/mol. The minimum atomic E-state index is 0.0394. The number of ether oxygens (including phenoxy) is 5. The van der Waals surface area contributed by atoms with Crippen molar-refractivity contribution in [1.29, 1.82) is 0 Å². The van der Waals surface area contributed by atoms with E-state index in [0.29, 0.717) is 62.2 Å². The van der Waals surface area contributed by atoms with Crippen molar-refractivity contribution < 1.29 is 23.7 Å². The van der Waals surface area contributed by atoms with Gasteiger partial charge in [0.2, 0.25) is 0 Å². The van der Waals surface area contributed by atoms with E-state index in [4.69, 9.17) is 23.7 Å². The number of rotatable bonds is 34. The first-order valence-corrected chi connectivity index (χ1v) is 28.3. The molecule has 5 rings (SSSR count). The minimum absolute atomic E-state index is 0.0394. The molecule has 5 aliphatic rings. The molecule has 9 atom stereocenters. The van der Waals surface area contributed by atoms with Gasteiger partial charge >= 0.3 is 0 Å². The molecule has 0 bridgehead atoms. The normalized spacial score (nSPS) is 30.5. The average Bonchev–Trinajstić information content (AvgIpc) is 3.58. The van der Waals surface area contributed by atoms with E-state index in [1.165, 1.54) is 148 Å². The molecule has 0 amide bonds. The van der Waals surface area contributed by atoms with Crippen molar-refractivity contribution in [3.63, 3.8) is 0 Å². The van der Waals surface area contributed by atoms with E-state index in [9.17, 15) is 0 Å². The molecule has 4 fully saturated rings. The number of likely N-dealkylation sites (tertiary alicyclic amines) is 1. The molecule has 1 aliphatic heterocycles. The zero-order chi connectivity index (χ0) is 46.2. The van der Waals surface area contributed by atoms with E-state index in [-0.39, 0.29) is 6.10 Å². The van der Waals surface area contributed by atoms with E-state index < -0.39 is 0 Å². The Kier molecular flexibility index (Phi) is 25.2. The largest absolute Gasteiger partial charge is 0.377 e. The Hall–Kier alpha value is -1.02. The van der Waals surface area contributed by atoms with Crippen molar-refractivity contribution in [2.75, 3.05) is 66.1 Å². The molecule has 0 aromatic carbocycles. The lowest BCUT2D eigenvalue weighted by atomic mass is 9.44. The average molecular weight is 908 g/mol. The molecule has 65 heavy (non-hydrogen) atoms. The van der Waals surface area contributed by atoms with Gasteiger partial charge in [0.1, 0.15) is 6.79 Å². The second kappa shape index (κ2) is 29.9. The van der Waals surface area contributed by atoms with Gasteiger partial charge < -0.3 is 28.6 Å². The fourth-order valence-electron chi connectivity index (χ4n) is 13.8. The summed E-state index contributed by atoms with van der Waals surface area (Å²) in [5.41, 5.74) is 3.08. The van der Waals surface area contributed by atoms with Gasteiger partial charge in [-0.25, -0.2) is 0 Å². The van der Waals surface area contributed by atoms with Crippen LogP contribution in [-0.2, 0) is 23.7 Å². The van der Waals surface area contributed by atoms with Gasteiger partial charge in [0, 0.05) is 13.2 Å². The van der Waals surface area contributed by atoms with Crippen LogP contribution in [0.25, 0.3) is 0 Å². The number of nitrogens with zero attached hydrogens (tertiary/aromatic N) is 1. The standard InChI is InChI=1S/C59H105NO5/c1-8-9-10-11-12-13-14-15-16-17-18-19-20-21-22-26-40-62-48-63-47-53(46-60-38-24-23-25-39-60)65-44-42-61-41-43-64-52-32-35-57(5)51(45-52)30-31-54-55(57)33-37-59(7)56(54)34-36-58(59,6)50(4)29-27-28-49(2)3/h12-13,15-16,30,49-50,52-56H,8-11,14,17-29,31-48H2,1-7H3/b13-12-,16-15-/t50-,52+,53?,54-,55+,56+,57+,58-,59+/m1/s1. The zero-order valence-corrected chi connectivity index (χ0v) is 43.9. The number of unbranched alkanes of at least 4 members (excludes halogenated alkanes) is 9. The van der Waals surface area contributed by atoms with Gasteiger partial charge in [0.05, 0.1) is 45.2 Å². The highest BCUT2D eigenvalue weighted by atomic mass is 16.7. The van der Waals surface area contributed by atoms with Crippen LogP contribution in [0.15, 0.2) is 36.0 Å². The Morgan fingerprint density at radius 3 is 2.18 bits per heavy atom. The van der Waals surface area contributed by atoms with Crippen LogP contribution in [0.5, 0.6) is 0 Å². The van der Waals surface area contributed by atoms with E-state index >= 15 is 0 Å². The summed E-state index contributed by atoms with van der Waals surface area (Å²) in [5.74, 6) is 4.27. The fraction of sp³-hybridized carbons (Fsp3) is 0.898. The van der Waals surface area contributed by atoms with Crippen molar-refractivity contribution in [3.8, 4) is 0 Å². The monoisotopic (exact) mass is 908 g/mol. The second-order valence-electron chi connectivity index (χ2n) is 23.1. The lowest BCUT2D eigenvalue weighted by Gasteiger charge is -2.60. The number of hydrogen-bond acceptors (Lipinski definition) is 6. The first-order chi connectivity index (χ1) is 31.6. The molecule has 6 nitrogen and oxygen atoms in total. The number of piperidine rings is 1. The molecule has 1 heterocycles. The van der Waals surface area contributed by atoms with Gasteiger partial charge in [-0.05, 0) is 162 Å². The first kappa shape index (κ1) is 54.9. The van der Waals surface area contributed by atoms with Gasteiger partial charge in [-0.15, -0.1) is 0 Å². The van der Waals surface area contributed by atoms with Gasteiger partial charge in [-0.3, -0.25) is 0 Å². The van der Waals surface area contributed by atoms with Gasteiger partial charge in [0.25, 0.3) is 0 Å². The Morgan fingerprint density at radius 1 is 0.692 bits per heavy atom. The minimum Gasteiger partial charge on any atom is -0.377 e. The molecule has 3 saturated carbocycles. The molecule has 6 heteroatoms. The molecule has 376 valence electrons. The van der Waals surface area contributed by atoms with Crippen molar-refractivity contribution in [1.82, 2.24) is 4.90 Å². The highest BCUT2D eigenvalue weighted by molar-refractivity contribution is 5.26. The third kappa shape index (κ3) is 17.1. The molecule has 0 aromatic rings. The van der Waals surface area contributed by atoms with Gasteiger partial charge in [-0.2, -0.15) is 0 Å².